The second kappa shape index (κ2) is 8.99. The summed E-state index contributed by atoms with van der Waals surface area (Å²) in [5, 5.41) is 11.9. The SMILES string of the molecule is CN(CC1C2CN(Cc3ccccc3)CC21)C(=O)C(O)(c1ccccc1)C1CCCCC1. The number of hydrogen-bond acceptors (Lipinski definition) is 3. The van der Waals surface area contributed by atoms with E-state index in [1.165, 1.54) is 12.0 Å². The van der Waals surface area contributed by atoms with E-state index in [0.717, 1.165) is 57.4 Å². The molecule has 3 fully saturated rings. The highest BCUT2D eigenvalue weighted by Crippen LogP contribution is 2.52. The van der Waals surface area contributed by atoms with E-state index in [-0.39, 0.29) is 11.8 Å². The summed E-state index contributed by atoms with van der Waals surface area (Å²) in [4.78, 5) is 18.1. The minimum Gasteiger partial charge on any atom is -0.375 e. The Bertz CT molecular complexity index is 900. The topological polar surface area (TPSA) is 43.8 Å². The van der Waals surface area contributed by atoms with E-state index in [2.05, 4.69) is 35.2 Å². The number of piperidine rings is 1. The molecule has 5 rings (SSSR count). The molecule has 32 heavy (non-hydrogen) atoms. The highest BCUT2D eigenvalue weighted by atomic mass is 16.3. The third-order valence-electron chi connectivity index (χ3n) is 8.26. The van der Waals surface area contributed by atoms with Crippen LogP contribution in [0.15, 0.2) is 60.7 Å². The lowest BCUT2D eigenvalue weighted by atomic mass is 9.72. The van der Waals surface area contributed by atoms with Crippen LogP contribution < -0.4 is 0 Å². The number of likely N-dealkylation sites (N-methyl/N-ethyl adjacent to an activating group) is 1. The normalized spacial score (nSPS) is 27.5. The molecule has 2 aliphatic carbocycles. The predicted octanol–water partition coefficient (Wildman–Crippen LogP) is 4.29. The van der Waals surface area contributed by atoms with Crippen molar-refractivity contribution in [1.29, 1.82) is 0 Å². The zero-order valence-corrected chi connectivity index (χ0v) is 19.2. The summed E-state index contributed by atoms with van der Waals surface area (Å²) in [6.45, 7) is 4.02. The van der Waals surface area contributed by atoms with Crippen molar-refractivity contribution in [3.63, 3.8) is 0 Å². The van der Waals surface area contributed by atoms with Gasteiger partial charge in [0, 0.05) is 39.1 Å². The van der Waals surface area contributed by atoms with Crippen LogP contribution in [0.5, 0.6) is 0 Å². The molecule has 1 aliphatic heterocycles. The average Bonchev–Trinajstić information content (AvgIpc) is 3.28. The van der Waals surface area contributed by atoms with Gasteiger partial charge in [0.1, 0.15) is 0 Å². The Balaban J connectivity index is 1.22. The number of likely N-dealkylation sites (tertiary alicyclic amines) is 1. The number of rotatable bonds is 7. The Morgan fingerprint density at radius 3 is 2.19 bits per heavy atom. The van der Waals surface area contributed by atoms with Gasteiger partial charge in [0.15, 0.2) is 5.60 Å². The molecule has 1 amide bonds. The summed E-state index contributed by atoms with van der Waals surface area (Å²) < 4.78 is 0. The maximum atomic E-state index is 13.7. The molecule has 0 bridgehead atoms. The van der Waals surface area contributed by atoms with Gasteiger partial charge in [0.2, 0.25) is 0 Å². The van der Waals surface area contributed by atoms with Crippen LogP contribution in [0.1, 0.15) is 43.2 Å². The molecule has 1 N–H and O–H groups in total. The monoisotopic (exact) mass is 432 g/mol. The van der Waals surface area contributed by atoms with Crippen LogP contribution >= 0.6 is 0 Å². The fourth-order valence-corrected chi connectivity index (χ4v) is 6.41. The quantitative estimate of drug-likeness (QED) is 0.710. The molecular formula is C28H36N2O2. The lowest BCUT2D eigenvalue weighted by molar-refractivity contribution is -0.160. The van der Waals surface area contributed by atoms with Crippen molar-refractivity contribution in [2.75, 3.05) is 26.7 Å². The molecule has 4 nitrogen and oxygen atoms in total. The maximum absolute atomic E-state index is 13.7. The molecular weight excluding hydrogens is 396 g/mol. The van der Waals surface area contributed by atoms with Gasteiger partial charge in [-0.05, 0) is 41.7 Å². The van der Waals surface area contributed by atoms with Crippen LogP contribution in [0.2, 0.25) is 0 Å². The van der Waals surface area contributed by atoms with Gasteiger partial charge < -0.3 is 10.0 Å². The molecule has 0 radical (unpaired) electrons. The van der Waals surface area contributed by atoms with Crippen molar-refractivity contribution in [2.45, 2.75) is 44.2 Å². The van der Waals surface area contributed by atoms with E-state index in [0.29, 0.717) is 17.8 Å². The highest BCUT2D eigenvalue weighted by Gasteiger charge is 2.56. The van der Waals surface area contributed by atoms with E-state index >= 15 is 0 Å². The van der Waals surface area contributed by atoms with E-state index in [4.69, 9.17) is 0 Å². The maximum Gasteiger partial charge on any atom is 0.259 e. The third kappa shape index (κ3) is 4.11. The van der Waals surface area contributed by atoms with Crippen molar-refractivity contribution in [3.05, 3.63) is 71.8 Å². The Hall–Kier alpha value is -2.17. The Kier molecular flexibility index (Phi) is 6.09. The summed E-state index contributed by atoms with van der Waals surface area (Å²) >= 11 is 0. The fraction of sp³-hybridized carbons (Fsp3) is 0.536. The summed E-state index contributed by atoms with van der Waals surface area (Å²) in [6.07, 6.45) is 5.25. The van der Waals surface area contributed by atoms with Crippen LogP contribution in [-0.2, 0) is 16.9 Å². The highest BCUT2D eigenvalue weighted by molar-refractivity contribution is 5.86. The smallest absolute Gasteiger partial charge is 0.259 e. The van der Waals surface area contributed by atoms with Crippen molar-refractivity contribution in [1.82, 2.24) is 9.80 Å². The van der Waals surface area contributed by atoms with Crippen molar-refractivity contribution < 1.29 is 9.90 Å². The Morgan fingerprint density at radius 2 is 1.56 bits per heavy atom. The number of aliphatic hydroxyl groups is 1. The zero-order valence-electron chi connectivity index (χ0n) is 19.2. The molecule has 1 heterocycles. The number of fused-ring (bicyclic) bond motifs is 1. The summed E-state index contributed by atoms with van der Waals surface area (Å²) in [6, 6.07) is 20.3. The molecule has 3 aliphatic rings. The van der Waals surface area contributed by atoms with E-state index < -0.39 is 5.60 Å². The van der Waals surface area contributed by atoms with Crippen LogP contribution in [0.4, 0.5) is 0 Å². The summed E-state index contributed by atoms with van der Waals surface area (Å²) in [5.41, 5.74) is 0.728. The predicted molar refractivity (Wildman–Crippen MR) is 127 cm³/mol. The molecule has 3 unspecified atom stereocenters. The molecule has 0 aromatic heterocycles. The molecule has 2 saturated carbocycles. The van der Waals surface area contributed by atoms with Crippen molar-refractivity contribution in [3.8, 4) is 0 Å². The Labute approximate surface area is 192 Å². The van der Waals surface area contributed by atoms with Gasteiger partial charge >= 0.3 is 0 Å². The van der Waals surface area contributed by atoms with Gasteiger partial charge in [-0.25, -0.2) is 0 Å². The number of carbonyl (C=O) groups excluding carboxylic acids is 1. The molecule has 4 heteroatoms. The largest absolute Gasteiger partial charge is 0.375 e. The number of amides is 1. The Morgan fingerprint density at radius 1 is 0.969 bits per heavy atom. The first-order valence-corrected chi connectivity index (χ1v) is 12.4. The molecule has 2 aromatic carbocycles. The van der Waals surface area contributed by atoms with Crippen LogP contribution in [0.25, 0.3) is 0 Å². The first-order chi connectivity index (χ1) is 15.6. The zero-order chi connectivity index (χ0) is 22.1. The molecule has 0 spiro atoms. The molecule has 2 aromatic rings. The van der Waals surface area contributed by atoms with Gasteiger partial charge in [-0.3, -0.25) is 9.69 Å². The second-order valence-corrected chi connectivity index (χ2v) is 10.3. The van der Waals surface area contributed by atoms with E-state index in [1.807, 2.05) is 42.3 Å². The standard InChI is InChI=1S/C28H36N2O2/c1-29(18-24-25-19-30(20-26(24)25)17-21-11-5-2-6-12-21)27(31)28(32,22-13-7-3-8-14-22)23-15-9-4-10-16-23/h2-3,5-8,11-14,23-26,32H,4,9-10,15-20H2,1H3. The number of benzene rings is 2. The molecule has 1 saturated heterocycles. The average molecular weight is 433 g/mol. The van der Waals surface area contributed by atoms with Gasteiger partial charge in [-0.2, -0.15) is 0 Å². The van der Waals surface area contributed by atoms with E-state index in [1.54, 1.807) is 0 Å². The second-order valence-electron chi connectivity index (χ2n) is 10.3. The summed E-state index contributed by atoms with van der Waals surface area (Å²) in [5.74, 6) is 1.85. The number of hydrogen-bond donors (Lipinski definition) is 1. The first kappa shape index (κ1) is 21.7. The summed E-state index contributed by atoms with van der Waals surface area (Å²) in [7, 11) is 1.90. The third-order valence-corrected chi connectivity index (χ3v) is 8.26. The van der Waals surface area contributed by atoms with Gasteiger partial charge in [-0.15, -0.1) is 0 Å². The van der Waals surface area contributed by atoms with Crippen LogP contribution in [-0.4, -0.2) is 47.5 Å². The first-order valence-electron chi connectivity index (χ1n) is 12.4. The van der Waals surface area contributed by atoms with E-state index in [9.17, 15) is 9.90 Å². The number of carbonyl (C=O) groups is 1. The van der Waals surface area contributed by atoms with Gasteiger partial charge in [0.05, 0.1) is 0 Å². The molecule has 3 atom stereocenters. The van der Waals surface area contributed by atoms with Crippen molar-refractivity contribution in [2.24, 2.45) is 23.7 Å². The lowest BCUT2D eigenvalue weighted by Crippen LogP contribution is -2.51. The lowest BCUT2D eigenvalue weighted by Gasteiger charge is -2.40. The fourth-order valence-electron chi connectivity index (χ4n) is 6.41. The minimum absolute atomic E-state index is 0.00802. The minimum atomic E-state index is -1.40. The van der Waals surface area contributed by atoms with Gasteiger partial charge in [-0.1, -0.05) is 79.9 Å². The molecule has 170 valence electrons. The van der Waals surface area contributed by atoms with Crippen LogP contribution in [0.3, 0.4) is 0 Å². The van der Waals surface area contributed by atoms with Crippen molar-refractivity contribution >= 4 is 5.91 Å². The number of nitrogens with zero attached hydrogens (tertiary/aromatic N) is 2. The van der Waals surface area contributed by atoms with Gasteiger partial charge in [0.25, 0.3) is 5.91 Å². The van der Waals surface area contributed by atoms with Crippen LogP contribution in [0, 0.1) is 23.7 Å².